The van der Waals surface area contributed by atoms with E-state index in [9.17, 15) is 4.79 Å². The molecule has 0 saturated carbocycles. The first kappa shape index (κ1) is 16.0. The van der Waals surface area contributed by atoms with E-state index in [-0.39, 0.29) is 18.1 Å². The topological polar surface area (TPSA) is 38.3 Å². The minimum absolute atomic E-state index is 0.0322. The number of carbonyl (C=O) groups is 1. The number of rotatable bonds is 5. The molecule has 1 aromatic rings. The van der Waals surface area contributed by atoms with E-state index in [1.54, 1.807) is 0 Å². The van der Waals surface area contributed by atoms with E-state index >= 15 is 0 Å². The third-order valence-corrected chi connectivity index (χ3v) is 2.98. The summed E-state index contributed by atoms with van der Waals surface area (Å²) in [6.07, 6.45) is 0.140. The number of alkyl halides is 1. The van der Waals surface area contributed by atoms with Crippen molar-refractivity contribution in [2.45, 2.75) is 51.1 Å². The summed E-state index contributed by atoms with van der Waals surface area (Å²) in [5.41, 5.74) is 1.03. The summed E-state index contributed by atoms with van der Waals surface area (Å²) >= 11 is 3.36. The van der Waals surface area contributed by atoms with Crippen molar-refractivity contribution >= 4 is 21.8 Å². The van der Waals surface area contributed by atoms with Gasteiger partial charge in [0.2, 0.25) is 5.91 Å². The summed E-state index contributed by atoms with van der Waals surface area (Å²) in [6.45, 7) is 9.60. The van der Waals surface area contributed by atoms with Crippen molar-refractivity contribution in [3.8, 4) is 5.75 Å². The highest BCUT2D eigenvalue weighted by atomic mass is 79.9. The van der Waals surface area contributed by atoms with Gasteiger partial charge < -0.3 is 10.1 Å². The molecule has 19 heavy (non-hydrogen) atoms. The van der Waals surface area contributed by atoms with Crippen LogP contribution in [0.3, 0.4) is 0 Å². The summed E-state index contributed by atoms with van der Waals surface area (Å²) in [4.78, 5) is 11.9. The minimum Gasteiger partial charge on any atom is -0.491 e. The predicted molar refractivity (Wildman–Crippen MR) is 81.8 cm³/mol. The summed E-state index contributed by atoms with van der Waals surface area (Å²) in [5.74, 6) is 0.793. The number of hydrogen-bond acceptors (Lipinski definition) is 2. The van der Waals surface area contributed by atoms with E-state index in [0.29, 0.717) is 0 Å². The van der Waals surface area contributed by atoms with Crippen molar-refractivity contribution < 1.29 is 9.53 Å². The number of halogens is 1. The lowest BCUT2D eigenvalue weighted by atomic mass is 10.1. The average molecular weight is 328 g/mol. The molecule has 1 amide bonds. The Hall–Kier alpha value is -1.03. The van der Waals surface area contributed by atoms with Crippen LogP contribution >= 0.6 is 15.9 Å². The van der Waals surface area contributed by atoms with Crippen molar-refractivity contribution in [2.24, 2.45) is 0 Å². The number of amides is 1. The normalized spacial score (nSPS) is 13.2. The molecule has 0 saturated heterocycles. The Morgan fingerprint density at radius 2 is 1.95 bits per heavy atom. The van der Waals surface area contributed by atoms with Crippen molar-refractivity contribution in [2.75, 3.05) is 0 Å². The summed E-state index contributed by atoms with van der Waals surface area (Å²) in [5, 5.41) is 2.98. The zero-order valence-corrected chi connectivity index (χ0v) is 13.7. The average Bonchev–Trinajstić information content (AvgIpc) is 2.27. The van der Waals surface area contributed by atoms with E-state index in [2.05, 4.69) is 21.2 Å². The van der Waals surface area contributed by atoms with Crippen LogP contribution < -0.4 is 10.1 Å². The second-order valence-electron chi connectivity index (χ2n) is 5.41. The summed E-state index contributed by atoms with van der Waals surface area (Å²) in [7, 11) is 0. The lowest BCUT2D eigenvalue weighted by Gasteiger charge is -2.21. The van der Waals surface area contributed by atoms with Crippen molar-refractivity contribution in [1.82, 2.24) is 5.32 Å². The molecule has 1 rings (SSSR count). The number of benzene rings is 1. The molecule has 0 aliphatic carbocycles. The van der Waals surface area contributed by atoms with E-state index in [0.717, 1.165) is 11.3 Å². The van der Waals surface area contributed by atoms with Crippen LogP contribution in [-0.4, -0.2) is 16.3 Å². The predicted octanol–water partition coefficient (Wildman–Crippen LogP) is 3.82. The molecule has 0 spiro atoms. The smallest absolute Gasteiger partial charge is 0.236 e. The lowest BCUT2D eigenvalue weighted by molar-refractivity contribution is -0.123. The Bertz CT molecular complexity index is 438. The van der Waals surface area contributed by atoms with Crippen molar-refractivity contribution in [3.05, 3.63) is 29.8 Å². The molecule has 0 fully saturated rings. The highest BCUT2D eigenvalue weighted by molar-refractivity contribution is 9.10. The van der Waals surface area contributed by atoms with E-state index in [4.69, 9.17) is 4.74 Å². The molecule has 0 bridgehead atoms. The molecule has 0 radical (unpaired) electrons. The Morgan fingerprint density at radius 3 is 2.47 bits per heavy atom. The van der Waals surface area contributed by atoms with Gasteiger partial charge in [-0.3, -0.25) is 4.79 Å². The fraction of sp³-hybridized carbons (Fsp3) is 0.533. The van der Waals surface area contributed by atoms with Crippen LogP contribution in [0.15, 0.2) is 24.3 Å². The number of nitrogens with one attached hydrogen (secondary N) is 1. The van der Waals surface area contributed by atoms with E-state index < -0.39 is 4.32 Å². The molecule has 1 aromatic carbocycles. The second kappa shape index (κ2) is 6.42. The molecular formula is C15H22BrNO2. The molecular weight excluding hydrogens is 306 g/mol. The number of hydrogen-bond donors (Lipinski definition) is 1. The molecule has 3 nitrogen and oxygen atoms in total. The molecule has 1 N–H and O–H groups in total. The van der Waals surface area contributed by atoms with Crippen LogP contribution in [0, 0.1) is 0 Å². The highest BCUT2D eigenvalue weighted by Crippen LogP contribution is 2.22. The fourth-order valence-corrected chi connectivity index (χ4v) is 1.70. The van der Waals surface area contributed by atoms with Crippen LogP contribution in [0.1, 0.15) is 46.2 Å². The summed E-state index contributed by atoms with van der Waals surface area (Å²) < 4.78 is 5.09. The van der Waals surface area contributed by atoms with Gasteiger partial charge in [-0.15, -0.1) is 0 Å². The Balaban J connectivity index is 2.77. The van der Waals surface area contributed by atoms with Crippen LogP contribution in [-0.2, 0) is 4.79 Å². The van der Waals surface area contributed by atoms with Gasteiger partial charge in [-0.1, -0.05) is 28.1 Å². The van der Waals surface area contributed by atoms with Gasteiger partial charge in [-0.25, -0.2) is 0 Å². The number of ether oxygens (including phenoxy) is 1. The molecule has 0 aliphatic rings. The number of carbonyl (C=O) groups excluding carboxylic acids is 1. The zero-order valence-electron chi connectivity index (χ0n) is 12.2. The zero-order chi connectivity index (χ0) is 14.6. The van der Waals surface area contributed by atoms with Crippen molar-refractivity contribution in [3.63, 3.8) is 0 Å². The Labute approximate surface area is 123 Å². The Kier molecular flexibility index (Phi) is 5.41. The van der Waals surface area contributed by atoms with Gasteiger partial charge in [0.1, 0.15) is 5.75 Å². The highest BCUT2D eigenvalue weighted by Gasteiger charge is 2.25. The van der Waals surface area contributed by atoms with Crippen molar-refractivity contribution in [1.29, 1.82) is 0 Å². The van der Waals surface area contributed by atoms with Gasteiger partial charge in [-0.2, -0.15) is 0 Å². The summed E-state index contributed by atoms with van der Waals surface area (Å²) in [6, 6.07) is 7.76. The maximum atomic E-state index is 11.9. The maximum absolute atomic E-state index is 11.9. The van der Waals surface area contributed by atoms with E-state index in [1.165, 1.54) is 0 Å². The molecule has 4 heteroatoms. The molecule has 1 atom stereocenters. The minimum atomic E-state index is -0.562. The van der Waals surface area contributed by atoms with Gasteiger partial charge in [0.25, 0.3) is 0 Å². The first-order valence-electron chi connectivity index (χ1n) is 6.46. The fourth-order valence-electron chi connectivity index (χ4n) is 1.58. The molecule has 0 aliphatic heterocycles. The van der Waals surface area contributed by atoms with Crippen LogP contribution in [0.4, 0.5) is 0 Å². The second-order valence-corrected chi connectivity index (χ2v) is 7.39. The standard InChI is InChI=1S/C15H22BrNO2/c1-10(2)19-13-8-6-7-12(9-13)11(3)17-14(18)15(4,5)16/h6-11H,1-5H3,(H,17,18). The van der Waals surface area contributed by atoms with Crippen LogP contribution in [0.2, 0.25) is 0 Å². The maximum Gasteiger partial charge on any atom is 0.236 e. The molecule has 0 aromatic heterocycles. The van der Waals surface area contributed by atoms with Gasteiger partial charge in [-0.05, 0) is 52.3 Å². The van der Waals surface area contributed by atoms with Gasteiger partial charge in [0.15, 0.2) is 0 Å². The van der Waals surface area contributed by atoms with E-state index in [1.807, 2.05) is 58.9 Å². The first-order chi connectivity index (χ1) is 8.70. The van der Waals surface area contributed by atoms with Crippen LogP contribution in [0.25, 0.3) is 0 Å². The molecule has 0 heterocycles. The van der Waals surface area contributed by atoms with Gasteiger partial charge >= 0.3 is 0 Å². The molecule has 1 unspecified atom stereocenters. The quantitative estimate of drug-likeness (QED) is 0.835. The SMILES string of the molecule is CC(C)Oc1cccc(C(C)NC(=O)C(C)(C)Br)c1. The first-order valence-corrected chi connectivity index (χ1v) is 7.26. The monoisotopic (exact) mass is 327 g/mol. The lowest BCUT2D eigenvalue weighted by Crippen LogP contribution is -2.38. The molecule has 106 valence electrons. The van der Waals surface area contributed by atoms with Crippen LogP contribution in [0.5, 0.6) is 5.75 Å². The third kappa shape index (κ3) is 5.23. The van der Waals surface area contributed by atoms with Gasteiger partial charge in [0.05, 0.1) is 16.5 Å². The Morgan fingerprint density at radius 1 is 1.32 bits per heavy atom. The van der Waals surface area contributed by atoms with Gasteiger partial charge in [0, 0.05) is 0 Å². The third-order valence-electron chi connectivity index (χ3n) is 2.62. The largest absolute Gasteiger partial charge is 0.491 e.